The van der Waals surface area contributed by atoms with Crippen LogP contribution in [0, 0.1) is 0 Å². The zero-order valence-electron chi connectivity index (χ0n) is 14.2. The van der Waals surface area contributed by atoms with Crippen LogP contribution < -0.4 is 0 Å². The molecule has 0 spiro atoms. The Morgan fingerprint density at radius 2 is 1.63 bits per heavy atom. The van der Waals surface area contributed by atoms with Gasteiger partial charge in [0.05, 0.1) is 13.2 Å². The van der Waals surface area contributed by atoms with Gasteiger partial charge in [-0.25, -0.2) is 0 Å². The fourth-order valence-electron chi connectivity index (χ4n) is 2.79. The molecule has 0 bridgehead atoms. The number of carbonyl (C=O) groups is 1. The highest BCUT2D eigenvalue weighted by Crippen LogP contribution is 2.39. The average Bonchev–Trinajstić information content (AvgIpc) is 2.61. The number of ether oxygens (including phenoxy) is 4. The van der Waals surface area contributed by atoms with Crippen molar-refractivity contribution in [3.05, 3.63) is 0 Å². The number of esters is 1. The molecule has 13 heteroatoms. The van der Waals surface area contributed by atoms with Crippen molar-refractivity contribution >= 4 is 21.9 Å². The minimum atomic E-state index is -2.06. The molecular formula is C14H23BrO12. The number of rotatable bonds is 5. The summed E-state index contributed by atoms with van der Waals surface area (Å²) in [6.07, 6.45) is -14.4. The number of alkyl halides is 1. The molecule has 0 aliphatic carbocycles. The molecule has 0 radical (unpaired) electrons. The molecule has 0 aromatic carbocycles. The molecule has 0 unspecified atom stereocenters. The smallest absolute Gasteiger partial charge is 0.304 e. The Balaban J connectivity index is 2.14. The first kappa shape index (κ1) is 22.8. The van der Waals surface area contributed by atoms with Gasteiger partial charge in [0.2, 0.25) is 10.8 Å². The maximum atomic E-state index is 11.4. The van der Waals surface area contributed by atoms with Crippen molar-refractivity contribution < 1.29 is 59.5 Å². The molecule has 0 amide bonds. The van der Waals surface area contributed by atoms with Crippen LogP contribution in [0.25, 0.3) is 0 Å². The predicted molar refractivity (Wildman–Crippen MR) is 86.0 cm³/mol. The molecule has 158 valence electrons. The van der Waals surface area contributed by atoms with E-state index in [1.54, 1.807) is 0 Å². The molecule has 2 aliphatic rings. The maximum Gasteiger partial charge on any atom is 0.304 e. The van der Waals surface area contributed by atoms with Gasteiger partial charge in [0.25, 0.3) is 0 Å². The number of hydrogen-bond acceptors (Lipinski definition) is 12. The summed E-state index contributed by atoms with van der Waals surface area (Å²) in [5.41, 5.74) is 0. The van der Waals surface area contributed by atoms with Crippen molar-refractivity contribution in [1.82, 2.24) is 0 Å². The van der Waals surface area contributed by atoms with Crippen LogP contribution in [0.3, 0.4) is 0 Å². The second kappa shape index (κ2) is 8.92. The zero-order chi connectivity index (χ0) is 20.5. The van der Waals surface area contributed by atoms with Gasteiger partial charge in [0.15, 0.2) is 6.29 Å². The third-order valence-electron chi connectivity index (χ3n) is 4.31. The first-order chi connectivity index (χ1) is 12.5. The number of aliphatic hydroxyl groups is 7. The topological polar surface area (TPSA) is 196 Å². The molecular weight excluding hydrogens is 440 g/mol. The van der Waals surface area contributed by atoms with Gasteiger partial charge in [-0.05, 0) is 15.9 Å². The van der Waals surface area contributed by atoms with E-state index in [2.05, 4.69) is 15.9 Å². The average molecular weight is 463 g/mol. The summed E-state index contributed by atoms with van der Waals surface area (Å²) in [6, 6.07) is 0. The molecule has 2 heterocycles. The summed E-state index contributed by atoms with van der Waals surface area (Å²) in [7, 11) is 0. The fraction of sp³-hybridized carbons (Fsp3) is 0.929. The molecule has 2 aliphatic heterocycles. The summed E-state index contributed by atoms with van der Waals surface area (Å²) < 4.78 is 18.6. The van der Waals surface area contributed by atoms with E-state index >= 15 is 0 Å². The van der Waals surface area contributed by atoms with Gasteiger partial charge in [0.1, 0.15) is 42.7 Å². The Morgan fingerprint density at radius 3 is 2.19 bits per heavy atom. The Hall–Kier alpha value is -0.450. The molecule has 10 atom stereocenters. The highest BCUT2D eigenvalue weighted by molar-refractivity contribution is 9.10. The summed E-state index contributed by atoms with van der Waals surface area (Å²) in [5.74, 6) is -0.847. The van der Waals surface area contributed by atoms with Crippen molar-refractivity contribution in [2.45, 2.75) is 66.7 Å². The zero-order valence-corrected chi connectivity index (χ0v) is 15.7. The van der Waals surface area contributed by atoms with E-state index in [0.717, 1.165) is 6.92 Å². The van der Waals surface area contributed by atoms with Crippen LogP contribution in [0.5, 0.6) is 0 Å². The SMILES string of the molecule is CC(=O)O[C@@]1(Br)[C@H](OC[C@H]2O[C@@H](O)[C@H](O)[C@@H](O)[C@@H]2O)O[C@H](CO)[C@@H](O)[C@@H]1O. The number of aliphatic hydroxyl groups excluding tert-OH is 7. The first-order valence-corrected chi connectivity index (χ1v) is 8.82. The quantitative estimate of drug-likeness (QED) is 0.154. The first-order valence-electron chi connectivity index (χ1n) is 8.03. The molecule has 0 saturated carbocycles. The van der Waals surface area contributed by atoms with E-state index < -0.39 is 79.0 Å². The minimum Gasteiger partial charge on any atom is -0.439 e. The van der Waals surface area contributed by atoms with E-state index in [0.29, 0.717) is 0 Å². The Morgan fingerprint density at radius 1 is 1.00 bits per heavy atom. The van der Waals surface area contributed by atoms with E-state index in [4.69, 9.17) is 18.9 Å². The second-order valence-electron chi connectivity index (χ2n) is 6.29. The van der Waals surface area contributed by atoms with Crippen molar-refractivity contribution in [1.29, 1.82) is 0 Å². The van der Waals surface area contributed by atoms with Gasteiger partial charge in [-0.1, -0.05) is 0 Å². The lowest BCUT2D eigenvalue weighted by Crippen LogP contribution is -2.66. The Bertz CT molecular complexity index is 522. The maximum absolute atomic E-state index is 11.4. The summed E-state index contributed by atoms with van der Waals surface area (Å²) in [4.78, 5) is 11.4. The second-order valence-corrected chi connectivity index (χ2v) is 7.53. The van der Waals surface area contributed by atoms with Gasteiger partial charge in [-0.15, -0.1) is 0 Å². The van der Waals surface area contributed by atoms with Gasteiger partial charge in [-0.3, -0.25) is 4.79 Å². The molecule has 2 fully saturated rings. The van der Waals surface area contributed by atoms with Gasteiger partial charge < -0.3 is 54.7 Å². The van der Waals surface area contributed by atoms with Crippen LogP contribution in [0.4, 0.5) is 0 Å². The van der Waals surface area contributed by atoms with Crippen LogP contribution in [0.2, 0.25) is 0 Å². The highest BCUT2D eigenvalue weighted by atomic mass is 79.9. The van der Waals surface area contributed by atoms with E-state index in [1.165, 1.54) is 0 Å². The molecule has 2 saturated heterocycles. The molecule has 12 nitrogen and oxygen atoms in total. The van der Waals surface area contributed by atoms with E-state index in [9.17, 15) is 40.5 Å². The summed E-state index contributed by atoms with van der Waals surface area (Å²) >= 11 is 2.97. The third kappa shape index (κ3) is 4.59. The predicted octanol–water partition coefficient (Wildman–Crippen LogP) is -4.10. The fourth-order valence-corrected chi connectivity index (χ4v) is 3.53. The van der Waals surface area contributed by atoms with E-state index in [-0.39, 0.29) is 0 Å². The molecule has 0 aromatic heterocycles. The third-order valence-corrected chi connectivity index (χ3v) is 5.31. The van der Waals surface area contributed by atoms with Gasteiger partial charge in [0, 0.05) is 6.92 Å². The van der Waals surface area contributed by atoms with Crippen LogP contribution in [-0.2, 0) is 23.7 Å². The highest BCUT2D eigenvalue weighted by Gasteiger charge is 2.58. The lowest BCUT2D eigenvalue weighted by atomic mass is 9.98. The summed E-state index contributed by atoms with van der Waals surface area (Å²) in [5, 5.41) is 68.2. The number of carbonyl (C=O) groups excluding carboxylic acids is 1. The number of hydrogen-bond donors (Lipinski definition) is 7. The van der Waals surface area contributed by atoms with Crippen molar-refractivity contribution in [3.8, 4) is 0 Å². The molecule has 27 heavy (non-hydrogen) atoms. The van der Waals surface area contributed by atoms with Gasteiger partial charge >= 0.3 is 5.97 Å². The lowest BCUT2D eigenvalue weighted by Gasteiger charge is -2.47. The minimum absolute atomic E-state index is 0.539. The van der Waals surface area contributed by atoms with Crippen molar-refractivity contribution in [3.63, 3.8) is 0 Å². The summed E-state index contributed by atoms with van der Waals surface area (Å²) in [6.45, 7) is -0.185. The molecule has 0 aromatic rings. The largest absolute Gasteiger partial charge is 0.439 e. The van der Waals surface area contributed by atoms with Crippen molar-refractivity contribution in [2.24, 2.45) is 0 Å². The Kier molecular flexibility index (Phi) is 7.54. The number of halogens is 1. The lowest BCUT2D eigenvalue weighted by molar-refractivity contribution is -0.333. The molecule has 2 rings (SSSR count). The monoisotopic (exact) mass is 462 g/mol. The van der Waals surface area contributed by atoms with E-state index in [1.807, 2.05) is 0 Å². The van der Waals surface area contributed by atoms with Crippen LogP contribution >= 0.6 is 15.9 Å². The normalized spacial score (nSPS) is 48.3. The van der Waals surface area contributed by atoms with Crippen LogP contribution in [0.1, 0.15) is 6.92 Å². The van der Waals surface area contributed by atoms with Gasteiger partial charge in [-0.2, -0.15) is 0 Å². The van der Waals surface area contributed by atoms with Crippen LogP contribution in [0.15, 0.2) is 0 Å². The Labute approximate surface area is 162 Å². The molecule has 7 N–H and O–H groups in total. The van der Waals surface area contributed by atoms with Crippen molar-refractivity contribution in [2.75, 3.05) is 13.2 Å². The standard InChI is InChI=1S/C14H23BrO12/c1-4(17)27-14(15)11(22)8(19)5(2-16)26-13(14)24-3-6-7(18)9(20)10(21)12(23)25-6/h5-13,16,18-23H,2-3H2,1H3/t5-,6-,7-,8-,9+,10-,11+,12-,13-,14-/m1/s1. The van der Waals surface area contributed by atoms with Crippen LogP contribution in [-0.4, -0.2) is 115 Å².